The second-order valence-electron chi connectivity index (χ2n) is 4.81. The molecule has 0 fully saturated rings. The first-order valence-corrected chi connectivity index (χ1v) is 7.32. The summed E-state index contributed by atoms with van der Waals surface area (Å²) in [5.74, 6) is 0. The second-order valence-corrected chi connectivity index (χ2v) is 5.73. The number of ether oxygens (including phenoxy) is 2. The average Bonchev–Trinajstić information content (AvgIpc) is 2.35. The van der Waals surface area contributed by atoms with Gasteiger partial charge in [-0.15, -0.1) is 0 Å². The summed E-state index contributed by atoms with van der Waals surface area (Å²) in [6, 6.07) is 6.84. The minimum atomic E-state index is -0.728. The van der Waals surface area contributed by atoms with Crippen molar-refractivity contribution >= 4 is 33.8 Å². The van der Waals surface area contributed by atoms with Gasteiger partial charge in [-0.05, 0) is 52.0 Å². The number of anilines is 1. The largest absolute Gasteiger partial charge is 0.446 e. The molecule has 1 aromatic rings. The minimum Gasteiger partial charge on any atom is -0.446 e. The van der Waals surface area contributed by atoms with Gasteiger partial charge in [0, 0.05) is 4.47 Å². The number of carbonyl (C=O) groups excluding carboxylic acids is 2. The number of hydrogen-bond donors (Lipinski definition) is 1. The molecule has 0 atom stereocenters. The van der Waals surface area contributed by atoms with Crippen LogP contribution in [0.1, 0.15) is 27.7 Å². The van der Waals surface area contributed by atoms with Crippen LogP contribution in [-0.4, -0.2) is 24.4 Å². The summed E-state index contributed by atoms with van der Waals surface area (Å²) in [6.45, 7) is 6.89. The molecule has 21 heavy (non-hydrogen) atoms. The number of nitrogens with zero attached hydrogens (tertiary/aromatic N) is 1. The zero-order valence-corrected chi connectivity index (χ0v) is 14.0. The van der Waals surface area contributed by atoms with Gasteiger partial charge in [-0.2, -0.15) is 5.01 Å². The lowest BCUT2D eigenvalue weighted by Crippen LogP contribution is -2.48. The van der Waals surface area contributed by atoms with Crippen molar-refractivity contribution in [3.63, 3.8) is 0 Å². The van der Waals surface area contributed by atoms with Crippen LogP contribution in [0.5, 0.6) is 0 Å². The van der Waals surface area contributed by atoms with E-state index < -0.39 is 12.2 Å². The molecule has 1 rings (SSSR count). The fraction of sp³-hybridized carbons (Fsp3) is 0.429. The summed E-state index contributed by atoms with van der Waals surface area (Å²) >= 11 is 3.31. The Bertz CT molecular complexity index is 488. The standard InChI is InChI=1S/C14H19BrN2O4/c1-9(2)20-13(18)16-17(14(19)21-10(3)4)12-7-5-11(15)6-8-12/h5-10H,1-4H3,(H,16,18). The van der Waals surface area contributed by atoms with Crippen molar-refractivity contribution in [2.75, 3.05) is 5.01 Å². The molecule has 1 aromatic carbocycles. The first-order valence-electron chi connectivity index (χ1n) is 6.53. The molecule has 2 amide bonds. The first-order chi connectivity index (χ1) is 9.79. The summed E-state index contributed by atoms with van der Waals surface area (Å²) in [6.07, 6.45) is -2.02. The van der Waals surface area contributed by atoms with Gasteiger partial charge in [0.25, 0.3) is 0 Å². The Morgan fingerprint density at radius 3 is 2.05 bits per heavy atom. The zero-order valence-electron chi connectivity index (χ0n) is 12.4. The molecule has 0 bridgehead atoms. The van der Waals surface area contributed by atoms with Crippen LogP contribution in [0.25, 0.3) is 0 Å². The van der Waals surface area contributed by atoms with E-state index in [0.29, 0.717) is 5.69 Å². The molecule has 0 saturated heterocycles. The maximum Gasteiger partial charge on any atom is 0.433 e. The van der Waals surface area contributed by atoms with Crippen molar-refractivity contribution in [2.45, 2.75) is 39.9 Å². The van der Waals surface area contributed by atoms with Crippen LogP contribution in [0.15, 0.2) is 28.7 Å². The van der Waals surface area contributed by atoms with E-state index in [9.17, 15) is 9.59 Å². The van der Waals surface area contributed by atoms with E-state index in [1.54, 1.807) is 52.0 Å². The number of carbonyl (C=O) groups is 2. The highest BCUT2D eigenvalue weighted by Gasteiger charge is 2.22. The Hall–Kier alpha value is -1.76. The Morgan fingerprint density at radius 2 is 1.57 bits per heavy atom. The van der Waals surface area contributed by atoms with Crippen molar-refractivity contribution in [1.29, 1.82) is 0 Å². The SMILES string of the molecule is CC(C)OC(=O)NN(C(=O)OC(C)C)c1ccc(Br)cc1. The van der Waals surface area contributed by atoms with Crippen LogP contribution in [0.4, 0.5) is 15.3 Å². The van der Waals surface area contributed by atoms with E-state index in [1.807, 2.05) is 0 Å². The predicted octanol–water partition coefficient (Wildman–Crippen LogP) is 3.85. The molecular formula is C14H19BrN2O4. The summed E-state index contributed by atoms with van der Waals surface area (Å²) in [4.78, 5) is 23.8. The van der Waals surface area contributed by atoms with Gasteiger partial charge in [0.1, 0.15) is 0 Å². The topological polar surface area (TPSA) is 67.9 Å². The maximum absolute atomic E-state index is 12.1. The molecule has 0 aliphatic carbocycles. The van der Waals surface area contributed by atoms with Crippen molar-refractivity contribution in [3.8, 4) is 0 Å². The zero-order chi connectivity index (χ0) is 16.0. The molecule has 0 heterocycles. The van der Waals surface area contributed by atoms with Gasteiger partial charge in [0.15, 0.2) is 0 Å². The summed E-state index contributed by atoms with van der Waals surface area (Å²) < 4.78 is 10.9. The van der Waals surface area contributed by atoms with Crippen molar-refractivity contribution < 1.29 is 19.1 Å². The van der Waals surface area contributed by atoms with Gasteiger partial charge in [0.05, 0.1) is 17.9 Å². The van der Waals surface area contributed by atoms with Gasteiger partial charge < -0.3 is 9.47 Å². The molecule has 0 spiro atoms. The lowest BCUT2D eigenvalue weighted by molar-refractivity contribution is 0.103. The lowest BCUT2D eigenvalue weighted by Gasteiger charge is -2.24. The molecule has 116 valence electrons. The lowest BCUT2D eigenvalue weighted by atomic mass is 10.3. The molecule has 6 nitrogen and oxygen atoms in total. The number of rotatable bonds is 3. The molecule has 0 radical (unpaired) electrons. The first kappa shape index (κ1) is 17.3. The highest BCUT2D eigenvalue weighted by molar-refractivity contribution is 9.10. The molecule has 0 unspecified atom stereocenters. The molecule has 0 saturated carbocycles. The molecular weight excluding hydrogens is 340 g/mol. The number of amides is 2. The van der Waals surface area contributed by atoms with Crippen LogP contribution in [-0.2, 0) is 9.47 Å². The van der Waals surface area contributed by atoms with Crippen LogP contribution in [0, 0.1) is 0 Å². The third-order valence-electron chi connectivity index (χ3n) is 2.15. The Labute approximate surface area is 132 Å². The highest BCUT2D eigenvalue weighted by atomic mass is 79.9. The molecule has 0 aliphatic rings. The van der Waals surface area contributed by atoms with Crippen LogP contribution >= 0.6 is 15.9 Å². The number of hydrazine groups is 1. The van der Waals surface area contributed by atoms with Gasteiger partial charge in [-0.25, -0.2) is 15.0 Å². The van der Waals surface area contributed by atoms with Gasteiger partial charge in [0.2, 0.25) is 0 Å². The van der Waals surface area contributed by atoms with Crippen molar-refractivity contribution in [1.82, 2.24) is 5.43 Å². The maximum atomic E-state index is 12.1. The van der Waals surface area contributed by atoms with Crippen LogP contribution in [0.3, 0.4) is 0 Å². The summed E-state index contributed by atoms with van der Waals surface area (Å²) in [7, 11) is 0. The molecule has 7 heteroatoms. The van der Waals surface area contributed by atoms with E-state index >= 15 is 0 Å². The summed E-state index contributed by atoms with van der Waals surface area (Å²) in [5.41, 5.74) is 2.83. The number of benzene rings is 1. The Morgan fingerprint density at radius 1 is 1.05 bits per heavy atom. The monoisotopic (exact) mass is 358 g/mol. The predicted molar refractivity (Wildman–Crippen MR) is 83.0 cm³/mol. The quantitative estimate of drug-likeness (QED) is 0.833. The van der Waals surface area contributed by atoms with Crippen molar-refractivity contribution in [2.24, 2.45) is 0 Å². The minimum absolute atomic E-state index is 0.294. The fourth-order valence-electron chi connectivity index (χ4n) is 1.39. The van der Waals surface area contributed by atoms with E-state index in [1.165, 1.54) is 0 Å². The number of hydrogen-bond acceptors (Lipinski definition) is 4. The van der Waals surface area contributed by atoms with E-state index in [2.05, 4.69) is 21.4 Å². The second kappa shape index (κ2) is 7.87. The molecule has 0 aromatic heterocycles. The molecule has 0 aliphatic heterocycles. The van der Waals surface area contributed by atoms with Crippen molar-refractivity contribution in [3.05, 3.63) is 28.7 Å². The third-order valence-corrected chi connectivity index (χ3v) is 2.68. The van der Waals surface area contributed by atoms with Gasteiger partial charge in [-0.1, -0.05) is 15.9 Å². The van der Waals surface area contributed by atoms with Crippen LogP contribution < -0.4 is 10.4 Å². The normalized spacial score (nSPS) is 10.4. The van der Waals surface area contributed by atoms with E-state index in [0.717, 1.165) is 9.48 Å². The highest BCUT2D eigenvalue weighted by Crippen LogP contribution is 2.18. The van der Waals surface area contributed by atoms with Gasteiger partial charge >= 0.3 is 12.2 Å². The summed E-state index contributed by atoms with van der Waals surface area (Å²) in [5, 5.41) is 1.01. The Balaban J connectivity index is 2.91. The van der Waals surface area contributed by atoms with E-state index in [-0.39, 0.29) is 12.2 Å². The number of nitrogens with one attached hydrogen (secondary N) is 1. The van der Waals surface area contributed by atoms with Crippen LogP contribution in [0.2, 0.25) is 0 Å². The average molecular weight is 359 g/mol. The fourth-order valence-corrected chi connectivity index (χ4v) is 1.66. The van der Waals surface area contributed by atoms with E-state index in [4.69, 9.17) is 9.47 Å². The molecule has 1 N–H and O–H groups in total. The third kappa shape index (κ3) is 6.03. The smallest absolute Gasteiger partial charge is 0.433 e. The Kier molecular flexibility index (Phi) is 6.48. The van der Waals surface area contributed by atoms with Gasteiger partial charge in [-0.3, -0.25) is 0 Å². The number of halogens is 1.